The molecule has 0 bridgehead atoms. The highest BCUT2D eigenvalue weighted by Crippen LogP contribution is 2.37. The number of primary amides is 1. The number of Topliss-reactive ketones (excluding diaryl/α,β-unsaturated/α-hetero) is 2. The fourth-order valence-electron chi connectivity index (χ4n) is 10.5. The third-order valence-electron chi connectivity index (χ3n) is 14.2. The van der Waals surface area contributed by atoms with Crippen molar-refractivity contribution in [2.75, 3.05) is 81.1 Å². The molecule has 9 rings (SSSR count). The lowest BCUT2D eigenvalue weighted by Gasteiger charge is -2.38. The third-order valence-corrected chi connectivity index (χ3v) is 14.2. The van der Waals surface area contributed by atoms with Crippen molar-refractivity contribution in [2.45, 2.75) is 69.7 Å². The van der Waals surface area contributed by atoms with Crippen LogP contribution in [-0.2, 0) is 9.59 Å². The molecule has 0 spiro atoms. The number of nitrogens with one attached hydrogen (secondary N) is 2. The fraction of sp³-hybridized carbons (Fsp3) is 0.522. The molecule has 1 aliphatic carbocycles. The maximum Gasteiger partial charge on any atom is 0.320 e. The number of benzene rings is 2. The van der Waals surface area contributed by atoms with E-state index in [9.17, 15) is 28.8 Å². The molecule has 4 N–H and O–H groups in total. The van der Waals surface area contributed by atoms with Gasteiger partial charge in [-0.25, -0.2) is 9.78 Å². The van der Waals surface area contributed by atoms with Crippen molar-refractivity contribution in [1.82, 2.24) is 30.0 Å². The number of anilines is 4. The van der Waals surface area contributed by atoms with Crippen molar-refractivity contribution < 1.29 is 28.8 Å². The molecule has 5 amide bonds. The smallest absolute Gasteiger partial charge is 0.320 e. The zero-order chi connectivity index (χ0) is 43.1. The number of imide groups is 1. The van der Waals surface area contributed by atoms with Gasteiger partial charge < -0.3 is 35.6 Å². The highest BCUT2D eigenvalue weighted by atomic mass is 16.2. The Balaban J connectivity index is 0.745. The average molecular weight is 845 g/mol. The Morgan fingerprint density at radius 1 is 0.839 bits per heavy atom. The minimum Gasteiger partial charge on any atom is -0.371 e. The van der Waals surface area contributed by atoms with Crippen LogP contribution in [-0.4, -0.2) is 132 Å². The van der Waals surface area contributed by atoms with E-state index in [2.05, 4.69) is 42.5 Å². The Hall–Kier alpha value is -5.90. The van der Waals surface area contributed by atoms with Gasteiger partial charge in [-0.05, 0) is 112 Å². The summed E-state index contributed by atoms with van der Waals surface area (Å²) in [5.74, 6) is -1.20. The summed E-state index contributed by atoms with van der Waals surface area (Å²) in [5, 5.41) is 5.67. The van der Waals surface area contributed by atoms with Crippen LogP contribution in [0.1, 0.15) is 100 Å². The van der Waals surface area contributed by atoms with Gasteiger partial charge in [-0.2, -0.15) is 4.98 Å². The summed E-state index contributed by atoms with van der Waals surface area (Å²) in [6.07, 6.45) is 8.33. The van der Waals surface area contributed by atoms with Crippen molar-refractivity contribution in [3.05, 3.63) is 70.9 Å². The highest BCUT2D eigenvalue weighted by molar-refractivity contribution is 6.27. The molecule has 2 aromatic carbocycles. The molecule has 3 aromatic rings. The van der Waals surface area contributed by atoms with Crippen LogP contribution in [0.5, 0.6) is 0 Å². The number of aromatic nitrogens is 2. The molecule has 16 nitrogen and oxygen atoms in total. The average Bonchev–Trinajstić information content (AvgIpc) is 3.74. The molecule has 5 aliphatic heterocycles. The first-order valence-corrected chi connectivity index (χ1v) is 22.3. The van der Waals surface area contributed by atoms with E-state index in [1.165, 1.54) is 11.8 Å². The Morgan fingerprint density at radius 3 is 2.31 bits per heavy atom. The maximum absolute atomic E-state index is 13.4. The number of nitrogens with two attached hydrogens (primary N) is 1. The van der Waals surface area contributed by atoms with Gasteiger partial charge in [-0.3, -0.25) is 29.3 Å². The number of amides is 5. The van der Waals surface area contributed by atoms with Gasteiger partial charge >= 0.3 is 6.03 Å². The normalized spacial score (nSPS) is 24.2. The first-order valence-electron chi connectivity index (χ1n) is 22.3. The second-order valence-electron chi connectivity index (χ2n) is 18.1. The fourth-order valence-corrected chi connectivity index (χ4v) is 10.5. The topological polar surface area (TPSA) is 194 Å². The first kappa shape index (κ1) is 41.5. The number of piperidine rings is 4. The highest BCUT2D eigenvalue weighted by Gasteiger charge is 2.42. The van der Waals surface area contributed by atoms with Gasteiger partial charge in [0.25, 0.3) is 5.91 Å². The standard InChI is InChI=1S/C46H56N10O6/c1-52-21-22-56(46(52)62)34-3-2-16-55(27-34)45-48-25-38(42(47)60)43(51-45)49-32-7-4-29(5-8-32)30-14-17-53(18-15-30)26-28-12-19-54(20-13-28)33-9-10-35-36(24-33)41(59)37(40(35)58)23-31-6-11-39(57)50-44(31)61/h4-5,7-10,24-25,28,30-31,34,37H,2-3,6,11-23,26-27H2,1H3,(H2,47,60)(H,48,49,51)(H,50,57,61)/t31?,34-,37?/m1/s1. The molecule has 0 saturated carbocycles. The van der Waals surface area contributed by atoms with Crippen LogP contribution >= 0.6 is 0 Å². The van der Waals surface area contributed by atoms with Crippen molar-refractivity contribution in [1.29, 1.82) is 0 Å². The zero-order valence-corrected chi connectivity index (χ0v) is 35.4. The van der Waals surface area contributed by atoms with E-state index in [1.54, 1.807) is 11.0 Å². The second-order valence-corrected chi connectivity index (χ2v) is 18.1. The summed E-state index contributed by atoms with van der Waals surface area (Å²) >= 11 is 0. The third kappa shape index (κ3) is 8.48. The summed E-state index contributed by atoms with van der Waals surface area (Å²) in [5.41, 5.74) is 9.91. The molecule has 2 unspecified atom stereocenters. The number of hydrogen-bond donors (Lipinski definition) is 3. The molecular weight excluding hydrogens is 789 g/mol. The maximum atomic E-state index is 13.4. The van der Waals surface area contributed by atoms with E-state index in [1.807, 2.05) is 36.2 Å². The molecular formula is C46H56N10O6. The predicted molar refractivity (Wildman–Crippen MR) is 233 cm³/mol. The molecule has 6 heterocycles. The number of carbonyl (C=O) groups is 6. The quantitative estimate of drug-likeness (QED) is 0.184. The molecule has 326 valence electrons. The Bertz CT molecular complexity index is 2250. The number of ketones is 2. The molecule has 5 saturated heterocycles. The van der Waals surface area contributed by atoms with Crippen molar-refractivity contribution >= 4 is 58.5 Å². The van der Waals surface area contributed by atoms with Gasteiger partial charge in [0.1, 0.15) is 11.4 Å². The minimum absolute atomic E-state index is 0.0591. The van der Waals surface area contributed by atoms with Crippen molar-refractivity contribution in [3.8, 4) is 0 Å². The monoisotopic (exact) mass is 844 g/mol. The van der Waals surface area contributed by atoms with Crippen LogP contribution in [0.15, 0.2) is 48.7 Å². The minimum atomic E-state index is -0.866. The van der Waals surface area contributed by atoms with E-state index in [0.29, 0.717) is 54.2 Å². The molecule has 62 heavy (non-hydrogen) atoms. The number of hydrogen-bond acceptors (Lipinski definition) is 12. The molecule has 6 aliphatic rings. The van der Waals surface area contributed by atoms with Crippen LogP contribution in [0.4, 0.5) is 27.9 Å². The number of carbonyl (C=O) groups excluding carboxylic acids is 6. The van der Waals surface area contributed by atoms with Gasteiger partial charge in [0.05, 0.1) is 12.0 Å². The van der Waals surface area contributed by atoms with Crippen LogP contribution in [0.2, 0.25) is 0 Å². The first-order chi connectivity index (χ1) is 30.0. The number of likely N-dealkylation sites (tertiary alicyclic amines) is 1. The zero-order valence-electron chi connectivity index (χ0n) is 35.4. The van der Waals surface area contributed by atoms with Crippen molar-refractivity contribution in [3.63, 3.8) is 0 Å². The predicted octanol–water partition coefficient (Wildman–Crippen LogP) is 4.19. The van der Waals surface area contributed by atoms with Gasteiger partial charge in [0.2, 0.25) is 17.8 Å². The number of rotatable bonds is 11. The summed E-state index contributed by atoms with van der Waals surface area (Å²) in [6, 6.07) is 14.1. The van der Waals surface area contributed by atoms with Gasteiger partial charge in [-0.1, -0.05) is 12.1 Å². The molecule has 0 radical (unpaired) electrons. The Kier molecular flexibility index (Phi) is 11.7. The van der Waals surface area contributed by atoms with E-state index < -0.39 is 23.7 Å². The summed E-state index contributed by atoms with van der Waals surface area (Å²) in [7, 11) is 1.83. The Labute approximate surface area is 361 Å². The lowest BCUT2D eigenvalue weighted by atomic mass is 9.86. The summed E-state index contributed by atoms with van der Waals surface area (Å²) in [6.45, 7) is 7.76. The lowest BCUT2D eigenvalue weighted by molar-refractivity contribution is -0.136. The van der Waals surface area contributed by atoms with E-state index in [4.69, 9.17) is 10.7 Å². The van der Waals surface area contributed by atoms with Crippen LogP contribution < -0.4 is 26.2 Å². The van der Waals surface area contributed by atoms with Gasteiger partial charge in [-0.15, -0.1) is 0 Å². The van der Waals surface area contributed by atoms with Crippen LogP contribution in [0, 0.1) is 17.8 Å². The second kappa shape index (κ2) is 17.5. The molecule has 5 fully saturated rings. The van der Waals surface area contributed by atoms with Gasteiger partial charge in [0, 0.05) is 93.9 Å². The summed E-state index contributed by atoms with van der Waals surface area (Å²) < 4.78 is 0. The van der Waals surface area contributed by atoms with Gasteiger partial charge in [0.15, 0.2) is 11.6 Å². The SMILES string of the molecule is CN1CCN([C@@H]2CCCN(c3ncc(C(N)=O)c(Nc4ccc(C5CCN(CC6CCN(c7ccc8c(c7)C(=O)C(CC7CCC(=O)NC7=O)C8=O)CC6)CC5)cc4)n3)C2)C1=O. The largest absolute Gasteiger partial charge is 0.371 e. The number of likely N-dealkylation sites (N-methyl/N-ethyl adjacent to an activating group) is 1. The molecule has 3 atom stereocenters. The van der Waals surface area contributed by atoms with Crippen LogP contribution in [0.25, 0.3) is 0 Å². The molecule has 16 heteroatoms. The van der Waals surface area contributed by atoms with E-state index in [0.717, 1.165) is 95.7 Å². The van der Waals surface area contributed by atoms with E-state index >= 15 is 0 Å². The number of nitrogens with zero attached hydrogens (tertiary/aromatic N) is 7. The molecule has 1 aromatic heterocycles. The number of urea groups is 1. The van der Waals surface area contributed by atoms with Crippen molar-refractivity contribution in [2.24, 2.45) is 23.5 Å². The lowest BCUT2D eigenvalue weighted by Crippen LogP contribution is -2.49. The number of fused-ring (bicyclic) bond motifs is 1. The van der Waals surface area contributed by atoms with Crippen LogP contribution in [0.3, 0.4) is 0 Å². The summed E-state index contributed by atoms with van der Waals surface area (Å²) in [4.78, 5) is 95.6. The van der Waals surface area contributed by atoms with E-state index in [-0.39, 0.29) is 48.0 Å². The Morgan fingerprint density at radius 2 is 1.60 bits per heavy atom.